The highest BCUT2D eigenvalue weighted by Crippen LogP contribution is 2.19. The highest BCUT2D eigenvalue weighted by atomic mass is 32.1. The predicted octanol–water partition coefficient (Wildman–Crippen LogP) is 3.23. The molecule has 0 amide bonds. The maximum atomic E-state index is 5.37. The van der Waals surface area contributed by atoms with Crippen LogP contribution >= 0.6 is 23.6 Å². The minimum absolute atomic E-state index is 0.828. The molecule has 19 heavy (non-hydrogen) atoms. The number of benzene rings is 1. The van der Waals surface area contributed by atoms with Crippen LogP contribution in [0.2, 0.25) is 0 Å². The molecular formula is C14H16N2OS2. The van der Waals surface area contributed by atoms with Gasteiger partial charge >= 0.3 is 0 Å². The molecule has 100 valence electrons. The lowest BCUT2D eigenvalue weighted by Gasteiger charge is -2.28. The maximum absolute atomic E-state index is 5.37. The van der Waals surface area contributed by atoms with Gasteiger partial charge in [-0.1, -0.05) is 12.1 Å². The van der Waals surface area contributed by atoms with E-state index in [1.165, 1.54) is 16.1 Å². The van der Waals surface area contributed by atoms with Gasteiger partial charge in [-0.3, -0.25) is 0 Å². The molecule has 0 aliphatic carbocycles. The maximum Gasteiger partial charge on any atom is 0.158 e. The highest BCUT2D eigenvalue weighted by Gasteiger charge is 2.10. The fourth-order valence-electron chi connectivity index (χ4n) is 2.25. The van der Waals surface area contributed by atoms with Gasteiger partial charge in [0.05, 0.1) is 13.2 Å². The molecule has 0 radical (unpaired) electrons. The molecule has 3 rings (SSSR count). The molecule has 3 nitrogen and oxygen atoms in total. The van der Waals surface area contributed by atoms with Gasteiger partial charge in [0.1, 0.15) is 0 Å². The van der Waals surface area contributed by atoms with Crippen LogP contribution in [0.15, 0.2) is 30.5 Å². The lowest BCUT2D eigenvalue weighted by atomic mass is 10.1. The second kappa shape index (κ2) is 5.86. The topological polar surface area (TPSA) is 28.3 Å². The Morgan fingerprint density at radius 3 is 2.58 bits per heavy atom. The molecule has 2 heterocycles. The average molecular weight is 292 g/mol. The standard InChI is InChI=1S/C14H16N2OS2/c18-14-15-10-13(19-14)9-11-1-3-12(4-2-11)16-5-7-17-8-6-16/h1-4,10H,5-9H2,(H,15,18). The van der Waals surface area contributed by atoms with Crippen molar-refractivity contribution in [1.29, 1.82) is 0 Å². The van der Waals surface area contributed by atoms with Crippen molar-refractivity contribution >= 4 is 29.2 Å². The Balaban J connectivity index is 1.69. The van der Waals surface area contributed by atoms with Crippen LogP contribution in [-0.2, 0) is 11.2 Å². The zero-order chi connectivity index (χ0) is 13.1. The van der Waals surface area contributed by atoms with Gasteiger partial charge in [-0.05, 0) is 29.9 Å². The normalized spacial score (nSPS) is 15.7. The van der Waals surface area contributed by atoms with Crippen molar-refractivity contribution in [2.45, 2.75) is 6.42 Å². The van der Waals surface area contributed by atoms with Crippen LogP contribution in [0.3, 0.4) is 0 Å². The van der Waals surface area contributed by atoms with E-state index in [0.29, 0.717) is 0 Å². The number of hydrogen-bond acceptors (Lipinski definition) is 4. The summed E-state index contributed by atoms with van der Waals surface area (Å²) in [6.45, 7) is 3.62. The Morgan fingerprint density at radius 2 is 1.95 bits per heavy atom. The summed E-state index contributed by atoms with van der Waals surface area (Å²) in [6.07, 6.45) is 2.95. The van der Waals surface area contributed by atoms with Crippen molar-refractivity contribution in [1.82, 2.24) is 4.98 Å². The molecule has 0 unspecified atom stereocenters. The summed E-state index contributed by atoms with van der Waals surface area (Å²) in [6, 6.07) is 8.81. The Morgan fingerprint density at radius 1 is 1.21 bits per heavy atom. The third-order valence-corrected chi connectivity index (χ3v) is 4.46. The van der Waals surface area contributed by atoms with E-state index in [1.54, 1.807) is 11.3 Å². The zero-order valence-corrected chi connectivity index (χ0v) is 12.2. The zero-order valence-electron chi connectivity index (χ0n) is 10.6. The van der Waals surface area contributed by atoms with Gasteiger partial charge in [-0.2, -0.15) is 0 Å². The molecule has 0 atom stereocenters. The van der Waals surface area contributed by atoms with Crippen molar-refractivity contribution in [3.8, 4) is 0 Å². The van der Waals surface area contributed by atoms with E-state index in [4.69, 9.17) is 17.0 Å². The first-order valence-electron chi connectivity index (χ1n) is 6.40. The summed E-state index contributed by atoms with van der Waals surface area (Å²) in [4.78, 5) is 6.71. The van der Waals surface area contributed by atoms with E-state index in [2.05, 4.69) is 34.1 Å². The van der Waals surface area contributed by atoms with E-state index in [-0.39, 0.29) is 0 Å². The number of thiazole rings is 1. The molecule has 0 bridgehead atoms. The van der Waals surface area contributed by atoms with E-state index in [0.717, 1.165) is 36.7 Å². The van der Waals surface area contributed by atoms with Crippen LogP contribution in [0.4, 0.5) is 5.69 Å². The molecule has 1 saturated heterocycles. The van der Waals surface area contributed by atoms with Crippen molar-refractivity contribution in [2.24, 2.45) is 0 Å². The predicted molar refractivity (Wildman–Crippen MR) is 81.8 cm³/mol. The smallest absolute Gasteiger partial charge is 0.158 e. The number of ether oxygens (including phenoxy) is 1. The molecule has 2 aromatic rings. The van der Waals surface area contributed by atoms with Gasteiger partial charge < -0.3 is 14.6 Å². The van der Waals surface area contributed by atoms with Crippen LogP contribution in [0.5, 0.6) is 0 Å². The lowest BCUT2D eigenvalue weighted by molar-refractivity contribution is 0.122. The summed E-state index contributed by atoms with van der Waals surface area (Å²) in [5.74, 6) is 0. The van der Waals surface area contributed by atoms with Crippen LogP contribution in [-0.4, -0.2) is 31.3 Å². The van der Waals surface area contributed by atoms with Gasteiger partial charge in [0.25, 0.3) is 0 Å². The van der Waals surface area contributed by atoms with Gasteiger partial charge in [-0.15, -0.1) is 11.3 Å². The number of nitrogens with zero attached hydrogens (tertiary/aromatic N) is 1. The molecule has 0 saturated carbocycles. The molecule has 1 aromatic carbocycles. The first kappa shape index (κ1) is 12.8. The Bertz CT molecular complexity index is 582. The Kier molecular flexibility index (Phi) is 3.96. The third kappa shape index (κ3) is 3.23. The summed E-state index contributed by atoms with van der Waals surface area (Å²) in [7, 11) is 0. The van der Waals surface area contributed by atoms with Crippen LogP contribution < -0.4 is 4.90 Å². The van der Waals surface area contributed by atoms with E-state index in [9.17, 15) is 0 Å². The molecular weight excluding hydrogens is 276 g/mol. The summed E-state index contributed by atoms with van der Waals surface area (Å²) < 4.78 is 6.22. The Hall–Kier alpha value is -1.17. The number of aromatic nitrogens is 1. The number of anilines is 1. The second-order valence-corrected chi connectivity index (χ2v) is 6.39. The molecule has 1 aliphatic rings. The third-order valence-electron chi connectivity index (χ3n) is 3.27. The van der Waals surface area contributed by atoms with Crippen molar-refractivity contribution in [2.75, 3.05) is 31.2 Å². The average Bonchev–Trinajstić information content (AvgIpc) is 2.86. The van der Waals surface area contributed by atoms with Gasteiger partial charge in [0.15, 0.2) is 3.95 Å². The number of hydrogen-bond donors (Lipinski definition) is 1. The number of H-pyrrole nitrogens is 1. The fourth-order valence-corrected chi connectivity index (χ4v) is 3.34. The quantitative estimate of drug-likeness (QED) is 0.880. The largest absolute Gasteiger partial charge is 0.378 e. The molecule has 1 aromatic heterocycles. The molecule has 5 heteroatoms. The van der Waals surface area contributed by atoms with Crippen molar-refractivity contribution in [3.05, 3.63) is 44.9 Å². The van der Waals surface area contributed by atoms with E-state index >= 15 is 0 Å². The summed E-state index contributed by atoms with van der Waals surface area (Å²) >= 11 is 6.75. The fraction of sp³-hybridized carbons (Fsp3) is 0.357. The molecule has 0 spiro atoms. The van der Waals surface area contributed by atoms with Crippen LogP contribution in [0.1, 0.15) is 10.4 Å². The minimum Gasteiger partial charge on any atom is -0.378 e. The summed E-state index contributed by atoms with van der Waals surface area (Å²) in [5, 5.41) is 0. The van der Waals surface area contributed by atoms with Crippen LogP contribution in [0, 0.1) is 3.95 Å². The molecule has 1 N–H and O–H groups in total. The number of rotatable bonds is 3. The number of aromatic amines is 1. The first-order valence-corrected chi connectivity index (χ1v) is 7.63. The van der Waals surface area contributed by atoms with E-state index in [1.807, 2.05) is 6.20 Å². The number of nitrogens with one attached hydrogen (secondary N) is 1. The monoisotopic (exact) mass is 292 g/mol. The Labute approximate surface area is 121 Å². The first-order chi connectivity index (χ1) is 9.31. The number of morpholine rings is 1. The van der Waals surface area contributed by atoms with E-state index < -0.39 is 0 Å². The molecule has 1 aliphatic heterocycles. The lowest BCUT2D eigenvalue weighted by Crippen LogP contribution is -2.36. The van der Waals surface area contributed by atoms with Gasteiger partial charge in [-0.25, -0.2) is 0 Å². The molecule has 1 fully saturated rings. The van der Waals surface area contributed by atoms with Gasteiger partial charge in [0, 0.05) is 36.3 Å². The SMILES string of the molecule is S=c1[nH]cc(Cc2ccc(N3CCOCC3)cc2)s1. The van der Waals surface area contributed by atoms with Crippen LogP contribution in [0.25, 0.3) is 0 Å². The van der Waals surface area contributed by atoms with Crippen molar-refractivity contribution in [3.63, 3.8) is 0 Å². The second-order valence-electron chi connectivity index (χ2n) is 4.59. The van der Waals surface area contributed by atoms with Crippen molar-refractivity contribution < 1.29 is 4.74 Å². The van der Waals surface area contributed by atoms with Gasteiger partial charge in [0.2, 0.25) is 0 Å². The minimum atomic E-state index is 0.828. The summed E-state index contributed by atoms with van der Waals surface area (Å²) in [5.41, 5.74) is 2.61. The highest BCUT2D eigenvalue weighted by molar-refractivity contribution is 7.73.